The fourth-order valence-electron chi connectivity index (χ4n) is 5.91. The van der Waals surface area contributed by atoms with E-state index in [-0.39, 0.29) is 24.3 Å². The van der Waals surface area contributed by atoms with Crippen LogP contribution < -0.4 is 15.4 Å². The van der Waals surface area contributed by atoms with Gasteiger partial charge < -0.3 is 20.1 Å². The van der Waals surface area contributed by atoms with Crippen molar-refractivity contribution in [2.45, 2.75) is 42.7 Å². The lowest BCUT2D eigenvalue weighted by atomic mass is 9.63. The number of piperidine rings is 1. The van der Waals surface area contributed by atoms with Crippen molar-refractivity contribution < 1.29 is 23.5 Å². The monoisotopic (exact) mass is 554 g/mol. The second-order valence-corrected chi connectivity index (χ2v) is 10.9. The van der Waals surface area contributed by atoms with Crippen LogP contribution in [-0.2, 0) is 19.7 Å². The Hall–Kier alpha value is -3.13. The molecule has 2 N–H and O–H groups in total. The maximum Gasteiger partial charge on any atom is 0.237 e. The highest BCUT2D eigenvalue weighted by Gasteiger charge is 2.58. The average Bonchev–Trinajstić information content (AvgIpc) is 3.17. The third-order valence-corrected chi connectivity index (χ3v) is 8.20. The van der Waals surface area contributed by atoms with Crippen LogP contribution in [0.2, 0.25) is 10.0 Å². The molecule has 2 amide bonds. The van der Waals surface area contributed by atoms with Crippen molar-refractivity contribution in [1.82, 2.24) is 5.32 Å². The fraction of sp³-hybridized carbons (Fsp3) is 0.310. The van der Waals surface area contributed by atoms with E-state index in [1.807, 2.05) is 6.07 Å². The van der Waals surface area contributed by atoms with Gasteiger partial charge in [0.1, 0.15) is 23.1 Å². The van der Waals surface area contributed by atoms with Gasteiger partial charge in [-0.15, -0.1) is 0 Å². The molecule has 9 heteroatoms. The van der Waals surface area contributed by atoms with E-state index in [1.54, 1.807) is 42.5 Å². The van der Waals surface area contributed by atoms with E-state index in [0.717, 1.165) is 0 Å². The molecule has 6 rings (SSSR count). The van der Waals surface area contributed by atoms with Gasteiger partial charge in [0.25, 0.3) is 0 Å². The van der Waals surface area contributed by atoms with Gasteiger partial charge >= 0.3 is 0 Å². The quantitative estimate of drug-likeness (QED) is 0.419. The number of rotatable bonds is 4. The topological polar surface area (TPSA) is 76.7 Å². The third kappa shape index (κ3) is 4.32. The van der Waals surface area contributed by atoms with Crippen molar-refractivity contribution in [3.05, 3.63) is 93.2 Å². The number of ether oxygens (including phenoxy) is 2. The number of anilines is 1. The minimum Gasteiger partial charge on any atom is -0.490 e. The molecule has 0 radical (unpaired) electrons. The van der Waals surface area contributed by atoms with Crippen molar-refractivity contribution in [3.8, 4) is 5.75 Å². The third-order valence-electron chi connectivity index (χ3n) is 7.73. The molecule has 3 atom stereocenters. The number of amides is 2. The standard InChI is InChI=1S/C29H25Cl2FN2O4/c30-17-3-1-2-16(12-17)22-15-29(23-6-4-18(31)13-24(23)33-28(29)36)26(34-27(22)35)21-14-19(32)5-7-25(21)38-20-8-10-37-11-9-20/h1-7,12-14,20,22,26H,8-11,15H2,(H,33,36)(H,34,35)/t22-,26-,29-/m1/s1. The van der Waals surface area contributed by atoms with Crippen molar-refractivity contribution in [3.63, 3.8) is 0 Å². The van der Waals surface area contributed by atoms with E-state index in [9.17, 15) is 14.0 Å². The van der Waals surface area contributed by atoms with Crippen molar-refractivity contribution in [2.24, 2.45) is 0 Å². The Balaban J connectivity index is 1.50. The Bertz CT molecular complexity index is 1430. The van der Waals surface area contributed by atoms with Crippen molar-refractivity contribution in [2.75, 3.05) is 18.5 Å². The number of nitrogens with one attached hydrogen (secondary N) is 2. The number of fused-ring (bicyclic) bond motifs is 2. The average molecular weight is 555 g/mol. The maximum absolute atomic E-state index is 14.8. The first-order valence-corrected chi connectivity index (χ1v) is 13.3. The summed E-state index contributed by atoms with van der Waals surface area (Å²) in [6.07, 6.45) is 1.42. The lowest BCUT2D eigenvalue weighted by molar-refractivity contribution is -0.131. The maximum atomic E-state index is 14.8. The highest BCUT2D eigenvalue weighted by molar-refractivity contribution is 6.31. The summed E-state index contributed by atoms with van der Waals surface area (Å²) in [5.41, 5.74) is 1.11. The molecule has 3 aliphatic rings. The Kier molecular flexibility index (Phi) is 6.54. The molecule has 2 saturated heterocycles. The van der Waals surface area contributed by atoms with Gasteiger partial charge in [0.05, 0.1) is 25.2 Å². The number of benzene rings is 3. The molecule has 0 saturated carbocycles. The van der Waals surface area contributed by atoms with Crippen LogP contribution in [0, 0.1) is 5.82 Å². The highest BCUT2D eigenvalue weighted by atomic mass is 35.5. The molecule has 196 valence electrons. The number of carbonyl (C=O) groups is 2. The van der Waals surface area contributed by atoms with E-state index in [1.165, 1.54) is 12.1 Å². The molecule has 1 spiro atoms. The van der Waals surface area contributed by atoms with E-state index in [4.69, 9.17) is 32.7 Å². The van der Waals surface area contributed by atoms with Crippen LogP contribution >= 0.6 is 23.2 Å². The van der Waals surface area contributed by atoms with Gasteiger partial charge in [0.15, 0.2) is 0 Å². The van der Waals surface area contributed by atoms with Gasteiger partial charge in [-0.2, -0.15) is 0 Å². The van der Waals surface area contributed by atoms with Crippen LogP contribution in [0.5, 0.6) is 5.75 Å². The summed E-state index contributed by atoms with van der Waals surface area (Å²) in [5, 5.41) is 7.00. The molecular formula is C29H25Cl2FN2O4. The highest BCUT2D eigenvalue weighted by Crippen LogP contribution is 2.55. The minimum absolute atomic E-state index is 0.120. The number of hydrogen-bond donors (Lipinski definition) is 2. The summed E-state index contributed by atoms with van der Waals surface area (Å²) in [5.74, 6) is -1.30. The fourth-order valence-corrected chi connectivity index (χ4v) is 6.29. The first-order chi connectivity index (χ1) is 18.3. The molecule has 3 aliphatic heterocycles. The SMILES string of the molecule is O=C1N[C@H](c2cc(F)ccc2OC2CCOCC2)[C@]2(C[C@@H]1c1cccc(Cl)c1)C(=O)Nc1cc(Cl)ccc12. The van der Waals surface area contributed by atoms with Gasteiger partial charge in [-0.3, -0.25) is 9.59 Å². The first-order valence-electron chi connectivity index (χ1n) is 12.6. The van der Waals surface area contributed by atoms with Crippen LogP contribution in [0.3, 0.4) is 0 Å². The number of halogens is 3. The molecule has 0 unspecified atom stereocenters. The van der Waals surface area contributed by atoms with Gasteiger partial charge in [-0.25, -0.2) is 4.39 Å². The lowest BCUT2D eigenvalue weighted by Crippen LogP contribution is -2.55. The Labute approximate surface area is 229 Å². The summed E-state index contributed by atoms with van der Waals surface area (Å²) in [6.45, 7) is 1.15. The zero-order valence-corrected chi connectivity index (χ0v) is 21.8. The van der Waals surface area contributed by atoms with E-state index >= 15 is 0 Å². The zero-order chi connectivity index (χ0) is 26.4. The predicted molar refractivity (Wildman–Crippen MR) is 142 cm³/mol. The Morgan fingerprint density at radius 2 is 1.76 bits per heavy atom. The molecule has 3 heterocycles. The van der Waals surface area contributed by atoms with Crippen LogP contribution in [-0.4, -0.2) is 31.1 Å². The van der Waals surface area contributed by atoms with Gasteiger partial charge in [-0.05, 0) is 60.0 Å². The zero-order valence-electron chi connectivity index (χ0n) is 20.3. The largest absolute Gasteiger partial charge is 0.490 e. The van der Waals surface area contributed by atoms with Gasteiger partial charge in [0, 0.05) is 34.1 Å². The summed E-state index contributed by atoms with van der Waals surface area (Å²) in [4.78, 5) is 27.6. The van der Waals surface area contributed by atoms with Gasteiger partial charge in [-0.1, -0.05) is 41.4 Å². The van der Waals surface area contributed by atoms with E-state index in [0.29, 0.717) is 64.2 Å². The summed E-state index contributed by atoms with van der Waals surface area (Å²) in [7, 11) is 0. The van der Waals surface area contributed by atoms with Crippen LogP contribution in [0.4, 0.5) is 10.1 Å². The summed E-state index contributed by atoms with van der Waals surface area (Å²) >= 11 is 12.5. The molecular weight excluding hydrogens is 530 g/mol. The van der Waals surface area contributed by atoms with Crippen LogP contribution in [0.25, 0.3) is 0 Å². The Morgan fingerprint density at radius 1 is 0.974 bits per heavy atom. The van der Waals surface area contributed by atoms with Crippen LogP contribution in [0.1, 0.15) is 47.9 Å². The second-order valence-electron chi connectivity index (χ2n) is 9.98. The molecule has 0 bridgehead atoms. The Morgan fingerprint density at radius 3 is 2.55 bits per heavy atom. The molecule has 3 aromatic rings. The summed E-state index contributed by atoms with van der Waals surface area (Å²) < 4.78 is 26.5. The van der Waals surface area contributed by atoms with E-state index < -0.39 is 23.2 Å². The smallest absolute Gasteiger partial charge is 0.237 e. The molecule has 2 fully saturated rings. The first kappa shape index (κ1) is 25.2. The molecule has 3 aromatic carbocycles. The normalized spacial score (nSPS) is 25.1. The van der Waals surface area contributed by atoms with Crippen LogP contribution in [0.15, 0.2) is 60.7 Å². The van der Waals surface area contributed by atoms with Crippen molar-refractivity contribution >= 4 is 40.7 Å². The molecule has 6 nitrogen and oxygen atoms in total. The van der Waals surface area contributed by atoms with E-state index in [2.05, 4.69) is 10.6 Å². The predicted octanol–water partition coefficient (Wildman–Crippen LogP) is 5.93. The molecule has 38 heavy (non-hydrogen) atoms. The van der Waals surface area contributed by atoms with Crippen molar-refractivity contribution in [1.29, 1.82) is 0 Å². The lowest BCUT2D eigenvalue weighted by Gasteiger charge is -2.44. The van der Waals surface area contributed by atoms with Gasteiger partial charge in [0.2, 0.25) is 11.8 Å². The number of carbonyl (C=O) groups excluding carboxylic acids is 2. The molecule has 0 aliphatic carbocycles. The number of hydrogen-bond acceptors (Lipinski definition) is 4. The second kappa shape index (κ2) is 9.88. The minimum atomic E-state index is -1.25. The molecule has 0 aromatic heterocycles. The summed E-state index contributed by atoms with van der Waals surface area (Å²) in [6, 6.07) is 15.6.